The van der Waals surface area contributed by atoms with Crippen molar-refractivity contribution in [3.05, 3.63) is 58.5 Å². The molecule has 2 amide bonds. The number of nitrogens with two attached hydrogens (primary N) is 1. The molecule has 294 valence electrons. The molecule has 16 nitrogen and oxygen atoms in total. The zero-order chi connectivity index (χ0) is 40.0. The van der Waals surface area contributed by atoms with Crippen LogP contribution in [0.1, 0.15) is 83.3 Å². The fourth-order valence-corrected chi connectivity index (χ4v) is 7.55. The van der Waals surface area contributed by atoms with Crippen LogP contribution in [0.15, 0.2) is 57.5 Å². The summed E-state index contributed by atoms with van der Waals surface area (Å²) in [6, 6.07) is 2.23. The number of aliphatic imine (C=N–C) groups is 1. The van der Waals surface area contributed by atoms with Crippen LogP contribution < -0.4 is 15.8 Å². The van der Waals surface area contributed by atoms with E-state index in [0.29, 0.717) is 11.3 Å². The quantitative estimate of drug-likeness (QED) is 0.0210. The molecule has 6 N–H and O–H groups in total. The molecule has 1 aromatic rings. The van der Waals surface area contributed by atoms with Crippen LogP contribution in [0.25, 0.3) is 0 Å². The number of amides is 2. The van der Waals surface area contributed by atoms with Gasteiger partial charge in [-0.2, -0.15) is 12.7 Å². The number of ether oxygens (including phenoxy) is 1. The molecule has 2 aliphatic heterocycles. The molecule has 1 fully saturated rings. The first-order valence-corrected chi connectivity index (χ1v) is 20.0. The molecular weight excluding hydrogens is 741 g/mol. The van der Waals surface area contributed by atoms with E-state index < -0.39 is 45.4 Å². The number of β-lactam (4-membered cyclic amide) rings is 1. The number of hydrogen-bond donors (Lipinski definition) is 5. The Kier molecular flexibility index (Phi) is 13.7. The Balaban J connectivity index is 1.55. The second-order valence-electron chi connectivity index (χ2n) is 13.9. The van der Waals surface area contributed by atoms with Crippen molar-refractivity contribution in [2.45, 2.75) is 96.2 Å². The number of thioether (sulfide) groups is 1. The lowest BCUT2D eigenvalue weighted by molar-refractivity contribution is -0.534. The number of phenolic OH excluding ortho intramolecular Hbond substituents is 1. The van der Waals surface area contributed by atoms with Crippen LogP contribution in [0.4, 0.5) is 0 Å². The Morgan fingerprint density at radius 1 is 1.30 bits per heavy atom. The van der Waals surface area contributed by atoms with E-state index in [1.807, 2.05) is 17.7 Å². The van der Waals surface area contributed by atoms with Gasteiger partial charge in [0.1, 0.15) is 37.0 Å². The number of unbranched alkanes of at least 4 members (excludes halogenated alkanes) is 2. The number of carbonyl (C=O) groups is 3. The fourth-order valence-electron chi connectivity index (χ4n) is 6.17. The Morgan fingerprint density at radius 3 is 2.63 bits per heavy atom. The molecule has 0 spiro atoms. The number of nitrogens with one attached hydrogen (secondary N) is 1. The minimum absolute atomic E-state index is 0.0230. The summed E-state index contributed by atoms with van der Waals surface area (Å²) < 4.78 is 42.4. The number of amidine groups is 1. The van der Waals surface area contributed by atoms with Crippen molar-refractivity contribution >= 4 is 58.1 Å². The summed E-state index contributed by atoms with van der Waals surface area (Å²) in [6.45, 7) is 10.7. The maximum atomic E-state index is 13.4. The van der Waals surface area contributed by atoms with Gasteiger partial charge in [-0.15, -0.1) is 11.8 Å². The van der Waals surface area contributed by atoms with Crippen molar-refractivity contribution in [2.24, 2.45) is 15.9 Å². The van der Waals surface area contributed by atoms with Crippen molar-refractivity contribution < 1.29 is 51.7 Å². The number of rotatable bonds is 18. The molecule has 1 saturated heterocycles. The van der Waals surface area contributed by atoms with Crippen molar-refractivity contribution in [1.82, 2.24) is 9.62 Å². The average molecular weight is 790 g/mol. The minimum Gasteiger partial charge on any atom is -0.507 e. The zero-order valence-corrected chi connectivity index (χ0v) is 32.7. The van der Waals surface area contributed by atoms with Gasteiger partial charge in [-0.05, 0) is 63.8 Å². The number of oxime groups is 1. The lowest BCUT2D eigenvalue weighted by Gasteiger charge is -2.38. The Labute approximate surface area is 319 Å². The van der Waals surface area contributed by atoms with Crippen molar-refractivity contribution in [2.75, 3.05) is 18.7 Å². The lowest BCUT2D eigenvalue weighted by Crippen LogP contribution is -2.64. The third-order valence-corrected chi connectivity index (χ3v) is 10.7. The van der Waals surface area contributed by atoms with E-state index in [1.54, 1.807) is 6.07 Å². The Hall–Kier alpha value is -4.68. The van der Waals surface area contributed by atoms with Gasteiger partial charge < -0.3 is 30.8 Å². The Morgan fingerprint density at radius 2 is 2.02 bits per heavy atom. The molecule has 4 rings (SSSR count). The number of carbonyl (C=O) groups excluding carboxylic acids is 2. The molecular formula is C36H49N6O10S2+. The third kappa shape index (κ3) is 10.1. The Bertz CT molecular complexity index is 1940. The number of aryl methyl sites for hydroxylation is 1. The number of aromatic hydroxyl groups is 1. The zero-order valence-electron chi connectivity index (χ0n) is 31.1. The molecule has 1 aromatic carbocycles. The van der Waals surface area contributed by atoms with E-state index in [2.05, 4.69) is 42.1 Å². The number of aliphatic carboxylic acids is 1. The summed E-state index contributed by atoms with van der Waals surface area (Å²) in [7, 11) is -3.14. The first-order valence-electron chi connectivity index (χ1n) is 17.5. The van der Waals surface area contributed by atoms with E-state index in [4.69, 9.17) is 15.3 Å². The van der Waals surface area contributed by atoms with E-state index in [-0.39, 0.29) is 57.4 Å². The van der Waals surface area contributed by atoms with Gasteiger partial charge >= 0.3 is 16.3 Å². The number of allylic oxidation sites excluding steroid dienone is 1. The highest BCUT2D eigenvalue weighted by atomic mass is 32.2. The maximum Gasteiger partial charge on any atom is 0.366 e. The van der Waals surface area contributed by atoms with Crippen LogP contribution in [0, 0.1) is 0 Å². The van der Waals surface area contributed by atoms with Crippen LogP contribution in [0.2, 0.25) is 0 Å². The smallest absolute Gasteiger partial charge is 0.366 e. The van der Waals surface area contributed by atoms with E-state index in [9.17, 15) is 37.6 Å². The molecule has 3 atom stereocenters. The number of phenols is 1. The van der Waals surface area contributed by atoms with Crippen molar-refractivity contribution in [3.8, 4) is 11.5 Å². The first-order chi connectivity index (χ1) is 25.3. The van der Waals surface area contributed by atoms with Gasteiger partial charge in [-0.3, -0.25) is 14.1 Å². The molecule has 0 unspecified atom stereocenters. The summed E-state index contributed by atoms with van der Waals surface area (Å²) in [5, 5.41) is 26.8. The lowest BCUT2D eigenvalue weighted by atomic mass is 9.80. The van der Waals surface area contributed by atoms with Gasteiger partial charge in [0.2, 0.25) is 5.60 Å². The largest absolute Gasteiger partial charge is 0.507 e. The number of carboxylic acid groups (broad SMARTS) is 1. The third-order valence-electron chi connectivity index (χ3n) is 9.16. The maximum absolute atomic E-state index is 13.4. The van der Waals surface area contributed by atoms with Crippen LogP contribution >= 0.6 is 11.8 Å². The number of carboxylic acids is 1. The standard InChI is InChI=1S/C36H48N6O10S2/c1-7-8-9-10-22-18-27(43)30(23-17-21(2)11-13-25(23)41(5)6)28(19-22)51-20-53-16-15-26-32(34(45)42(26)54(48,49)50)39-33(44)31(24-12-14-29(37)38-24)40-52-36(3,4)35(46)47/h12,15,17-19,23,25,32H,5,7-11,13-14,16,20H2,1-4,6H3,(H5-,37,38,39,43,44,46,47,48,49,50)/p+1/b26-15+,40-31-/t23-,25-,32+/m1/s1. The fraction of sp³-hybridized carbons (Fsp3) is 0.500. The van der Waals surface area contributed by atoms with Crippen molar-refractivity contribution in [3.63, 3.8) is 0 Å². The molecule has 18 heteroatoms. The minimum atomic E-state index is -5.04. The van der Waals surface area contributed by atoms with E-state index in [0.717, 1.165) is 44.1 Å². The predicted molar refractivity (Wildman–Crippen MR) is 205 cm³/mol. The van der Waals surface area contributed by atoms with Crippen molar-refractivity contribution in [1.29, 1.82) is 0 Å². The molecule has 1 aliphatic carbocycles. The number of benzene rings is 1. The summed E-state index contributed by atoms with van der Waals surface area (Å²) in [5.74, 6) is -2.82. The van der Waals surface area contributed by atoms with E-state index in [1.165, 1.54) is 43.3 Å². The summed E-state index contributed by atoms with van der Waals surface area (Å²) in [6.07, 6.45) is 10.7. The summed E-state index contributed by atoms with van der Waals surface area (Å²) >= 11 is 1.21. The van der Waals surface area contributed by atoms with Gasteiger partial charge in [-0.1, -0.05) is 42.6 Å². The van der Waals surface area contributed by atoms with Gasteiger partial charge in [0.05, 0.1) is 17.3 Å². The van der Waals surface area contributed by atoms with Gasteiger partial charge in [0.25, 0.3) is 11.8 Å². The van der Waals surface area contributed by atoms with Crippen LogP contribution in [0.5, 0.6) is 11.5 Å². The summed E-state index contributed by atoms with van der Waals surface area (Å²) in [5.41, 5.74) is 5.89. The highest BCUT2D eigenvalue weighted by Gasteiger charge is 2.50. The second-order valence-corrected chi connectivity index (χ2v) is 16.1. The number of nitrogens with zero attached hydrogens (tertiary/aromatic N) is 4. The SMILES string of the molecule is C=[N+](C)[C@@H]1CCC(C)=C[C@H]1c1c(O)cc(CCCCC)cc1OCSC/C=C1\[C@H](NC(=O)/C(=N\OC(C)(C)C(=O)O)C2=CCC(N)=N2)C(=O)N1S(=O)(=O)O. The second kappa shape index (κ2) is 17.6. The molecule has 0 bridgehead atoms. The normalized spacial score (nSPS) is 21.2. The molecule has 0 saturated carbocycles. The number of likely N-dealkylation sites (N-methyl/N-ethyl adjacent to an activating group) is 1. The molecule has 54 heavy (non-hydrogen) atoms. The monoisotopic (exact) mass is 789 g/mol. The van der Waals surface area contributed by atoms with Crippen LogP contribution in [-0.2, 0) is 35.9 Å². The number of hydrogen-bond acceptors (Lipinski definition) is 12. The highest BCUT2D eigenvalue weighted by molar-refractivity contribution is 7.99. The van der Waals surface area contributed by atoms with Crippen LogP contribution in [-0.4, -0.2) is 105 Å². The van der Waals surface area contributed by atoms with Gasteiger partial charge in [0, 0.05) is 24.2 Å². The topological polar surface area (TPSA) is 234 Å². The average Bonchev–Trinajstić information content (AvgIpc) is 3.51. The molecule has 3 aliphatic rings. The first kappa shape index (κ1) is 42.1. The highest BCUT2D eigenvalue weighted by Crippen LogP contribution is 2.43. The van der Waals surface area contributed by atoms with Gasteiger partial charge in [0.15, 0.2) is 17.8 Å². The van der Waals surface area contributed by atoms with E-state index >= 15 is 0 Å². The predicted octanol–water partition coefficient (Wildman–Crippen LogP) is 3.62. The molecule has 0 aromatic heterocycles. The molecule has 2 heterocycles. The molecule has 0 radical (unpaired) electrons. The summed E-state index contributed by atoms with van der Waals surface area (Å²) in [4.78, 5) is 47.0. The van der Waals surface area contributed by atoms with Crippen LogP contribution in [0.3, 0.4) is 0 Å². The van der Waals surface area contributed by atoms with Gasteiger partial charge in [-0.25, -0.2) is 14.4 Å².